The molecule has 4 rings (SSSR count). The second-order valence-corrected chi connectivity index (χ2v) is 6.19. The number of nitrogens with one attached hydrogen (secondary N) is 1. The van der Waals surface area contributed by atoms with Crippen molar-refractivity contribution < 1.29 is 19.7 Å². The van der Waals surface area contributed by atoms with Crippen LogP contribution in [0.2, 0.25) is 0 Å². The predicted molar refractivity (Wildman–Crippen MR) is 102 cm³/mol. The van der Waals surface area contributed by atoms with Gasteiger partial charge in [0.1, 0.15) is 11.9 Å². The number of methoxy groups -OCH3 is 1. The SMILES string of the molecule is COc1ccccc1N1C(=O)c2ccccc2N[C@@H]1c1ccc(O)c(O)c1. The number of benzene rings is 3. The van der Waals surface area contributed by atoms with E-state index < -0.39 is 6.17 Å². The zero-order valence-corrected chi connectivity index (χ0v) is 14.6. The van der Waals surface area contributed by atoms with Crippen LogP contribution in [0.1, 0.15) is 22.1 Å². The minimum absolute atomic E-state index is 0.189. The van der Waals surface area contributed by atoms with Crippen molar-refractivity contribution in [2.24, 2.45) is 0 Å². The number of amides is 1. The molecule has 3 aromatic rings. The van der Waals surface area contributed by atoms with Crippen LogP contribution in [0.4, 0.5) is 11.4 Å². The number of anilines is 2. The normalized spacial score (nSPS) is 15.8. The lowest BCUT2D eigenvalue weighted by Crippen LogP contribution is -2.43. The summed E-state index contributed by atoms with van der Waals surface area (Å²) in [6.07, 6.45) is -0.588. The zero-order chi connectivity index (χ0) is 19.0. The number of phenolic OH excluding ortho intramolecular Hbond substituents is 2. The molecule has 0 unspecified atom stereocenters. The first-order valence-electron chi connectivity index (χ1n) is 8.44. The van der Waals surface area contributed by atoms with E-state index in [1.807, 2.05) is 30.3 Å². The molecule has 136 valence electrons. The molecule has 0 aromatic heterocycles. The van der Waals surface area contributed by atoms with Crippen LogP contribution in [0, 0.1) is 0 Å². The van der Waals surface area contributed by atoms with E-state index in [2.05, 4.69) is 5.32 Å². The molecule has 0 saturated heterocycles. The number of hydrogen-bond acceptors (Lipinski definition) is 5. The van der Waals surface area contributed by atoms with Crippen LogP contribution >= 0.6 is 0 Å². The summed E-state index contributed by atoms with van der Waals surface area (Å²) < 4.78 is 5.45. The minimum atomic E-state index is -0.588. The summed E-state index contributed by atoms with van der Waals surface area (Å²) in [5.74, 6) is -0.0999. The van der Waals surface area contributed by atoms with E-state index in [1.54, 1.807) is 36.3 Å². The number of fused-ring (bicyclic) bond motifs is 1. The second kappa shape index (κ2) is 6.57. The molecule has 0 aliphatic carbocycles. The lowest BCUT2D eigenvalue weighted by atomic mass is 10.0. The number of aromatic hydroxyl groups is 2. The lowest BCUT2D eigenvalue weighted by molar-refractivity contribution is 0.0974. The number of phenols is 2. The van der Waals surface area contributed by atoms with Gasteiger partial charge < -0.3 is 20.3 Å². The van der Waals surface area contributed by atoms with Gasteiger partial charge in [-0.25, -0.2) is 0 Å². The monoisotopic (exact) mass is 362 g/mol. The summed E-state index contributed by atoms with van der Waals surface area (Å²) in [5.41, 5.74) is 2.47. The number of para-hydroxylation sites is 3. The van der Waals surface area contributed by atoms with Crippen LogP contribution in [0.5, 0.6) is 17.2 Å². The van der Waals surface area contributed by atoms with Crippen molar-refractivity contribution >= 4 is 17.3 Å². The van der Waals surface area contributed by atoms with Crippen LogP contribution in [-0.2, 0) is 0 Å². The summed E-state index contributed by atoms with van der Waals surface area (Å²) in [6, 6.07) is 19.0. The Bertz CT molecular complexity index is 1020. The Kier molecular flexibility index (Phi) is 4.08. The summed E-state index contributed by atoms with van der Waals surface area (Å²) in [6.45, 7) is 0. The van der Waals surface area contributed by atoms with E-state index in [0.717, 1.165) is 0 Å². The fourth-order valence-electron chi connectivity index (χ4n) is 3.27. The third kappa shape index (κ3) is 2.81. The number of ether oxygens (including phenoxy) is 1. The Morgan fingerprint density at radius 2 is 1.70 bits per heavy atom. The molecule has 0 spiro atoms. The van der Waals surface area contributed by atoms with Gasteiger partial charge in [-0.05, 0) is 42.0 Å². The van der Waals surface area contributed by atoms with E-state index in [4.69, 9.17) is 4.74 Å². The molecule has 3 N–H and O–H groups in total. The van der Waals surface area contributed by atoms with Gasteiger partial charge in [0.15, 0.2) is 11.5 Å². The fraction of sp³-hybridized carbons (Fsp3) is 0.0952. The predicted octanol–water partition coefficient (Wildman–Crippen LogP) is 3.88. The van der Waals surface area contributed by atoms with Gasteiger partial charge in [0.2, 0.25) is 0 Å². The Hall–Kier alpha value is -3.67. The Morgan fingerprint density at radius 1 is 0.963 bits per heavy atom. The highest BCUT2D eigenvalue weighted by Gasteiger charge is 2.35. The highest BCUT2D eigenvalue weighted by Crippen LogP contribution is 2.41. The molecule has 0 radical (unpaired) electrons. The third-order valence-corrected chi connectivity index (χ3v) is 4.59. The van der Waals surface area contributed by atoms with Gasteiger partial charge in [0.25, 0.3) is 5.91 Å². The topological polar surface area (TPSA) is 82.0 Å². The minimum Gasteiger partial charge on any atom is -0.504 e. The molecule has 27 heavy (non-hydrogen) atoms. The first-order valence-corrected chi connectivity index (χ1v) is 8.44. The zero-order valence-electron chi connectivity index (χ0n) is 14.6. The van der Waals surface area contributed by atoms with E-state index >= 15 is 0 Å². The summed E-state index contributed by atoms with van der Waals surface area (Å²) in [7, 11) is 1.55. The second-order valence-electron chi connectivity index (χ2n) is 6.19. The van der Waals surface area contributed by atoms with Crippen molar-refractivity contribution in [2.45, 2.75) is 6.17 Å². The highest BCUT2D eigenvalue weighted by atomic mass is 16.5. The number of carbonyl (C=O) groups excluding carboxylic acids is 1. The summed E-state index contributed by atoms with van der Waals surface area (Å²) >= 11 is 0. The quantitative estimate of drug-likeness (QED) is 0.616. The van der Waals surface area contributed by atoms with Crippen LogP contribution < -0.4 is 15.0 Å². The van der Waals surface area contributed by atoms with Crippen molar-refractivity contribution in [2.75, 3.05) is 17.3 Å². The summed E-state index contributed by atoms with van der Waals surface area (Å²) in [5, 5.41) is 22.9. The Balaban J connectivity index is 1.90. The molecule has 6 heteroatoms. The van der Waals surface area contributed by atoms with Crippen molar-refractivity contribution in [1.82, 2.24) is 0 Å². The molecule has 3 aromatic carbocycles. The maximum absolute atomic E-state index is 13.3. The highest BCUT2D eigenvalue weighted by molar-refractivity contribution is 6.12. The molecular weight excluding hydrogens is 344 g/mol. The van der Waals surface area contributed by atoms with Crippen molar-refractivity contribution in [1.29, 1.82) is 0 Å². The number of carbonyl (C=O) groups is 1. The molecule has 1 aliphatic heterocycles. The van der Waals surface area contributed by atoms with E-state index in [-0.39, 0.29) is 17.4 Å². The maximum atomic E-state index is 13.3. The largest absolute Gasteiger partial charge is 0.504 e. The van der Waals surface area contributed by atoms with Crippen LogP contribution in [0.15, 0.2) is 66.7 Å². The van der Waals surface area contributed by atoms with E-state index in [0.29, 0.717) is 28.3 Å². The molecule has 0 bridgehead atoms. The average molecular weight is 362 g/mol. The van der Waals surface area contributed by atoms with Crippen molar-refractivity contribution in [3.63, 3.8) is 0 Å². The van der Waals surface area contributed by atoms with E-state index in [9.17, 15) is 15.0 Å². The molecule has 0 fully saturated rings. The van der Waals surface area contributed by atoms with Crippen LogP contribution in [0.3, 0.4) is 0 Å². The third-order valence-electron chi connectivity index (χ3n) is 4.59. The molecule has 1 aliphatic rings. The first-order chi connectivity index (χ1) is 13.1. The van der Waals surface area contributed by atoms with E-state index in [1.165, 1.54) is 12.1 Å². The van der Waals surface area contributed by atoms with Gasteiger partial charge in [-0.2, -0.15) is 0 Å². The number of rotatable bonds is 3. The first kappa shape index (κ1) is 16.8. The van der Waals surface area contributed by atoms with Gasteiger partial charge >= 0.3 is 0 Å². The molecule has 1 heterocycles. The van der Waals surface area contributed by atoms with Crippen LogP contribution in [-0.4, -0.2) is 23.2 Å². The van der Waals surface area contributed by atoms with Gasteiger partial charge in [0, 0.05) is 5.69 Å². The van der Waals surface area contributed by atoms with Crippen molar-refractivity contribution in [3.8, 4) is 17.2 Å². The average Bonchev–Trinajstić information content (AvgIpc) is 2.70. The molecule has 1 atom stereocenters. The van der Waals surface area contributed by atoms with Crippen LogP contribution in [0.25, 0.3) is 0 Å². The van der Waals surface area contributed by atoms with Gasteiger partial charge in [-0.3, -0.25) is 9.69 Å². The molecular formula is C21H18N2O4. The fourth-order valence-corrected chi connectivity index (χ4v) is 3.27. The Labute approximate surface area is 156 Å². The summed E-state index contributed by atoms with van der Waals surface area (Å²) in [4.78, 5) is 14.9. The molecule has 1 amide bonds. The van der Waals surface area contributed by atoms with Gasteiger partial charge in [0.05, 0.1) is 18.4 Å². The standard InChI is InChI=1S/C21H18N2O4/c1-27-19-9-5-4-8-16(19)23-20(13-10-11-17(24)18(25)12-13)22-15-7-3-2-6-14(15)21(23)26/h2-12,20,22,24-25H,1H3/t20-/m0/s1. The van der Waals surface area contributed by atoms with Crippen molar-refractivity contribution in [3.05, 3.63) is 77.9 Å². The lowest BCUT2D eigenvalue weighted by Gasteiger charge is -2.38. The molecule has 6 nitrogen and oxygen atoms in total. The number of hydrogen-bond donors (Lipinski definition) is 3. The Morgan fingerprint density at radius 3 is 2.48 bits per heavy atom. The van der Waals surface area contributed by atoms with Gasteiger partial charge in [-0.1, -0.05) is 30.3 Å². The van der Waals surface area contributed by atoms with Gasteiger partial charge in [-0.15, -0.1) is 0 Å². The maximum Gasteiger partial charge on any atom is 0.262 e. The number of nitrogens with zero attached hydrogens (tertiary/aromatic N) is 1. The smallest absolute Gasteiger partial charge is 0.262 e. The molecule has 0 saturated carbocycles.